The maximum atomic E-state index is 12.5. The first-order chi connectivity index (χ1) is 13.5. The van der Waals surface area contributed by atoms with Crippen molar-refractivity contribution in [2.45, 2.75) is 13.8 Å². The largest absolute Gasteiger partial charge is 0.465 e. The van der Waals surface area contributed by atoms with Crippen LogP contribution >= 0.6 is 22.9 Å². The smallest absolute Gasteiger partial charge is 0.256 e. The molecule has 2 aromatic heterocycles. The number of carbonyl (C=O) groups is 1. The molecule has 1 amide bonds. The lowest BCUT2D eigenvalue weighted by molar-refractivity contribution is 0.102. The second kappa shape index (κ2) is 8.87. The molecule has 0 fully saturated rings. The van der Waals surface area contributed by atoms with E-state index in [9.17, 15) is 4.79 Å². The number of amides is 1. The summed E-state index contributed by atoms with van der Waals surface area (Å²) in [6.45, 7) is 7.36. The molecule has 0 bridgehead atoms. The number of aromatic nitrogens is 1. The number of rotatable bonds is 6. The van der Waals surface area contributed by atoms with Crippen LogP contribution in [0.3, 0.4) is 0 Å². The molecule has 142 valence electrons. The van der Waals surface area contributed by atoms with Gasteiger partial charge in [-0.1, -0.05) is 18.2 Å². The van der Waals surface area contributed by atoms with Crippen LogP contribution in [0, 0.1) is 6.92 Å². The summed E-state index contributed by atoms with van der Waals surface area (Å²) in [6.07, 6.45) is 6.54. The summed E-state index contributed by atoms with van der Waals surface area (Å²) in [6, 6.07) is 11.2. The zero-order chi connectivity index (χ0) is 20.1. The molecule has 3 aromatic rings. The van der Waals surface area contributed by atoms with Gasteiger partial charge >= 0.3 is 0 Å². The lowest BCUT2D eigenvalue weighted by Gasteiger charge is -2.09. The molecule has 0 saturated carbocycles. The minimum atomic E-state index is -0.163. The Morgan fingerprint density at radius 2 is 2.11 bits per heavy atom. The molecule has 0 unspecified atom stereocenters. The van der Waals surface area contributed by atoms with E-state index in [1.807, 2.05) is 50.3 Å². The molecule has 0 aliphatic carbocycles. The standard InChI is InChI=1S/C22H19ClN2O2S/c1-4-19(27-5-2)15-6-7-18(23)17(12-15)20-8-9-21(28-20)25-22(26)16-10-11-24-13-14(16)3/h4-13H,2H2,1,3H3,(H,25,26)/b19-4-. The summed E-state index contributed by atoms with van der Waals surface area (Å²) in [7, 11) is 0. The minimum absolute atomic E-state index is 0.163. The van der Waals surface area contributed by atoms with Crippen LogP contribution in [0.1, 0.15) is 28.4 Å². The Hall–Kier alpha value is -2.89. The van der Waals surface area contributed by atoms with Crippen molar-refractivity contribution < 1.29 is 9.53 Å². The van der Waals surface area contributed by atoms with Crippen LogP contribution < -0.4 is 5.32 Å². The molecule has 0 saturated heterocycles. The number of nitrogens with one attached hydrogen (secondary N) is 1. The number of allylic oxidation sites excluding steroid dienone is 1. The molecular formula is C22H19ClN2O2S. The lowest BCUT2D eigenvalue weighted by Crippen LogP contribution is -2.12. The van der Waals surface area contributed by atoms with Crippen LogP contribution in [0.25, 0.3) is 16.2 Å². The van der Waals surface area contributed by atoms with Gasteiger partial charge in [0.2, 0.25) is 0 Å². The van der Waals surface area contributed by atoms with Gasteiger partial charge in [0.1, 0.15) is 5.76 Å². The lowest BCUT2D eigenvalue weighted by atomic mass is 10.1. The number of pyridine rings is 1. The van der Waals surface area contributed by atoms with Gasteiger partial charge in [0.15, 0.2) is 0 Å². The summed E-state index contributed by atoms with van der Waals surface area (Å²) >= 11 is 7.88. The first-order valence-electron chi connectivity index (χ1n) is 8.59. The third kappa shape index (κ3) is 4.32. The van der Waals surface area contributed by atoms with Crippen LogP contribution in [0.4, 0.5) is 5.00 Å². The van der Waals surface area contributed by atoms with Crippen LogP contribution in [0.5, 0.6) is 0 Å². The molecule has 0 radical (unpaired) electrons. The highest BCUT2D eigenvalue weighted by Crippen LogP contribution is 2.37. The Bertz CT molecular complexity index is 1060. The third-order valence-corrected chi connectivity index (χ3v) is 5.46. The molecule has 0 aliphatic rings. The molecule has 0 aliphatic heterocycles. The van der Waals surface area contributed by atoms with Crippen molar-refractivity contribution in [2.24, 2.45) is 0 Å². The number of ether oxygens (including phenoxy) is 1. The Morgan fingerprint density at radius 3 is 2.82 bits per heavy atom. The fourth-order valence-corrected chi connectivity index (χ4v) is 3.92. The van der Waals surface area contributed by atoms with Crippen molar-refractivity contribution in [1.82, 2.24) is 4.98 Å². The van der Waals surface area contributed by atoms with Gasteiger partial charge in [0, 0.05) is 39.0 Å². The van der Waals surface area contributed by atoms with Gasteiger partial charge in [-0.05, 0) is 61.9 Å². The maximum Gasteiger partial charge on any atom is 0.256 e. The van der Waals surface area contributed by atoms with E-state index in [4.69, 9.17) is 16.3 Å². The number of hydrogen-bond donors (Lipinski definition) is 1. The van der Waals surface area contributed by atoms with Gasteiger partial charge < -0.3 is 10.1 Å². The van der Waals surface area contributed by atoms with E-state index in [1.165, 1.54) is 17.6 Å². The predicted molar refractivity (Wildman–Crippen MR) is 117 cm³/mol. The molecule has 6 heteroatoms. The number of carbonyl (C=O) groups excluding carboxylic acids is 1. The van der Waals surface area contributed by atoms with Crippen molar-refractivity contribution in [3.05, 3.63) is 89.4 Å². The maximum absolute atomic E-state index is 12.5. The normalized spacial score (nSPS) is 11.2. The number of thiophene rings is 1. The van der Waals surface area contributed by atoms with E-state index in [0.717, 1.165) is 26.6 Å². The second-order valence-corrected chi connectivity index (χ2v) is 7.43. The quantitative estimate of drug-likeness (QED) is 0.469. The van der Waals surface area contributed by atoms with Gasteiger partial charge in [0.25, 0.3) is 5.91 Å². The molecule has 4 nitrogen and oxygen atoms in total. The number of anilines is 1. The highest BCUT2D eigenvalue weighted by Gasteiger charge is 2.13. The molecule has 0 spiro atoms. The number of halogens is 1. The zero-order valence-corrected chi connectivity index (χ0v) is 17.1. The van der Waals surface area contributed by atoms with Crippen molar-refractivity contribution in [1.29, 1.82) is 0 Å². The van der Waals surface area contributed by atoms with Gasteiger partial charge in [0.05, 0.1) is 11.3 Å². The Kier molecular flexibility index (Phi) is 6.29. The highest BCUT2D eigenvalue weighted by molar-refractivity contribution is 7.19. The summed E-state index contributed by atoms with van der Waals surface area (Å²) in [5.41, 5.74) is 3.20. The summed E-state index contributed by atoms with van der Waals surface area (Å²) in [5.74, 6) is 0.537. The summed E-state index contributed by atoms with van der Waals surface area (Å²) in [5, 5.41) is 4.31. The van der Waals surface area contributed by atoms with E-state index in [1.54, 1.807) is 18.5 Å². The monoisotopic (exact) mass is 410 g/mol. The number of nitrogens with zero attached hydrogens (tertiary/aromatic N) is 1. The molecular weight excluding hydrogens is 392 g/mol. The first-order valence-corrected chi connectivity index (χ1v) is 9.79. The number of hydrogen-bond acceptors (Lipinski definition) is 4. The van der Waals surface area contributed by atoms with Gasteiger partial charge in [-0.15, -0.1) is 11.3 Å². The molecule has 1 aromatic carbocycles. The third-order valence-electron chi connectivity index (χ3n) is 4.10. The molecule has 1 N–H and O–H groups in total. The van der Waals surface area contributed by atoms with E-state index in [2.05, 4.69) is 16.9 Å². The molecule has 28 heavy (non-hydrogen) atoms. The fourth-order valence-electron chi connectivity index (χ4n) is 2.72. The van der Waals surface area contributed by atoms with Crippen molar-refractivity contribution >= 4 is 39.6 Å². The van der Waals surface area contributed by atoms with Crippen LogP contribution in [0.15, 0.2) is 67.7 Å². The SMILES string of the molecule is C=CO/C(=C\C)c1ccc(Cl)c(-c2ccc(NC(=O)c3ccncc3C)s2)c1. The van der Waals surface area contributed by atoms with Crippen LogP contribution in [0.2, 0.25) is 5.02 Å². The summed E-state index contributed by atoms with van der Waals surface area (Å²) in [4.78, 5) is 17.5. The van der Waals surface area contributed by atoms with Crippen molar-refractivity contribution in [2.75, 3.05) is 5.32 Å². The predicted octanol–water partition coefficient (Wildman–Crippen LogP) is 6.55. The molecule has 0 atom stereocenters. The Labute approximate surface area is 173 Å². The first kappa shape index (κ1) is 19.9. The number of aryl methyl sites for hydroxylation is 1. The fraction of sp³-hybridized carbons (Fsp3) is 0.0909. The van der Waals surface area contributed by atoms with Crippen LogP contribution in [-0.4, -0.2) is 10.9 Å². The van der Waals surface area contributed by atoms with Gasteiger partial charge in [-0.3, -0.25) is 9.78 Å². The average molecular weight is 411 g/mol. The summed E-state index contributed by atoms with van der Waals surface area (Å²) < 4.78 is 5.45. The second-order valence-electron chi connectivity index (χ2n) is 5.94. The van der Waals surface area contributed by atoms with E-state index < -0.39 is 0 Å². The van der Waals surface area contributed by atoms with E-state index in [0.29, 0.717) is 16.3 Å². The van der Waals surface area contributed by atoms with E-state index >= 15 is 0 Å². The Morgan fingerprint density at radius 1 is 1.29 bits per heavy atom. The number of benzene rings is 1. The topological polar surface area (TPSA) is 51.2 Å². The average Bonchev–Trinajstić information content (AvgIpc) is 3.15. The highest BCUT2D eigenvalue weighted by atomic mass is 35.5. The molecule has 2 heterocycles. The molecule has 3 rings (SSSR count). The minimum Gasteiger partial charge on any atom is -0.465 e. The van der Waals surface area contributed by atoms with Crippen molar-refractivity contribution in [3.8, 4) is 10.4 Å². The zero-order valence-electron chi connectivity index (χ0n) is 15.5. The van der Waals surface area contributed by atoms with Crippen molar-refractivity contribution in [3.63, 3.8) is 0 Å². The van der Waals surface area contributed by atoms with Gasteiger partial charge in [-0.25, -0.2) is 0 Å². The van der Waals surface area contributed by atoms with Crippen LogP contribution in [-0.2, 0) is 4.74 Å². The Balaban J connectivity index is 1.87. The van der Waals surface area contributed by atoms with E-state index in [-0.39, 0.29) is 5.91 Å². The van der Waals surface area contributed by atoms with Gasteiger partial charge in [-0.2, -0.15) is 0 Å².